The van der Waals surface area contributed by atoms with Gasteiger partial charge >= 0.3 is 0 Å². The largest absolute Gasteiger partial charge is 0.303 e. The van der Waals surface area contributed by atoms with Crippen molar-refractivity contribution in [3.63, 3.8) is 0 Å². The molecule has 1 fully saturated rings. The predicted molar refractivity (Wildman–Crippen MR) is 54.1 cm³/mol. The lowest BCUT2D eigenvalue weighted by Crippen LogP contribution is -2.38. The summed E-state index contributed by atoms with van der Waals surface area (Å²) in [5.74, 6) is -0.154. The summed E-state index contributed by atoms with van der Waals surface area (Å²) in [4.78, 5) is 10.9. The van der Waals surface area contributed by atoms with Gasteiger partial charge in [0.05, 0.1) is 6.04 Å². The molecule has 1 spiro atoms. The van der Waals surface area contributed by atoms with Gasteiger partial charge in [-0.3, -0.25) is 0 Å². The summed E-state index contributed by atoms with van der Waals surface area (Å²) in [5, 5.41) is 3.17. The Bertz CT molecular complexity index is 426. The van der Waals surface area contributed by atoms with Gasteiger partial charge in [0.2, 0.25) is 0 Å². The van der Waals surface area contributed by atoms with Gasteiger partial charge in [-0.2, -0.15) is 0 Å². The van der Waals surface area contributed by atoms with E-state index in [4.69, 9.17) is 0 Å². The van der Waals surface area contributed by atoms with Crippen LogP contribution in [0.1, 0.15) is 30.0 Å². The summed E-state index contributed by atoms with van der Waals surface area (Å²) in [5.41, 5.74) is 1.59. The van der Waals surface area contributed by atoms with Crippen LogP contribution in [0.4, 0.5) is 4.39 Å². The van der Waals surface area contributed by atoms with Crippen molar-refractivity contribution in [2.24, 2.45) is 0 Å². The third-order valence-corrected chi connectivity index (χ3v) is 3.56. The van der Waals surface area contributed by atoms with Gasteiger partial charge in [-0.25, -0.2) is 4.39 Å². The van der Waals surface area contributed by atoms with Crippen molar-refractivity contribution in [3.05, 3.63) is 35.1 Å². The van der Waals surface area contributed by atoms with Crippen LogP contribution in [0.15, 0.2) is 18.2 Å². The average molecular weight is 205 g/mol. The standard InChI is InChI=1S/C12H12FNO/c13-9-3-1-2-8-10(6-15)14-7-12(4-5-12)11(8)9/h1-3,6,10,14H,4-5,7H2. The number of hydrogen-bond donors (Lipinski definition) is 1. The van der Waals surface area contributed by atoms with Gasteiger partial charge in [0, 0.05) is 17.5 Å². The van der Waals surface area contributed by atoms with Gasteiger partial charge in [0.1, 0.15) is 12.1 Å². The van der Waals surface area contributed by atoms with E-state index in [0.717, 1.165) is 36.8 Å². The number of benzene rings is 1. The van der Waals surface area contributed by atoms with Gasteiger partial charge in [-0.05, 0) is 24.5 Å². The third-order valence-electron chi connectivity index (χ3n) is 3.56. The van der Waals surface area contributed by atoms with Crippen LogP contribution in [0.25, 0.3) is 0 Å². The highest BCUT2D eigenvalue weighted by Crippen LogP contribution is 2.52. The van der Waals surface area contributed by atoms with E-state index in [1.54, 1.807) is 6.07 Å². The molecular weight excluding hydrogens is 193 g/mol. The smallest absolute Gasteiger partial charge is 0.141 e. The lowest BCUT2D eigenvalue weighted by molar-refractivity contribution is -0.109. The lowest BCUT2D eigenvalue weighted by atomic mass is 9.84. The number of nitrogens with one attached hydrogen (secondary N) is 1. The molecule has 0 bridgehead atoms. The van der Waals surface area contributed by atoms with E-state index in [-0.39, 0.29) is 17.3 Å². The Kier molecular flexibility index (Phi) is 1.74. The molecule has 3 heteroatoms. The minimum atomic E-state index is -0.332. The first-order valence-corrected chi connectivity index (χ1v) is 5.24. The van der Waals surface area contributed by atoms with Crippen LogP contribution in [0.2, 0.25) is 0 Å². The molecule has 1 aromatic rings. The van der Waals surface area contributed by atoms with Crippen LogP contribution in [-0.2, 0) is 10.2 Å². The lowest BCUT2D eigenvalue weighted by Gasteiger charge is -2.30. The second-order valence-corrected chi connectivity index (χ2v) is 4.48. The van der Waals surface area contributed by atoms with Crippen LogP contribution in [0, 0.1) is 5.82 Å². The van der Waals surface area contributed by atoms with Gasteiger partial charge in [0.25, 0.3) is 0 Å². The van der Waals surface area contributed by atoms with Gasteiger partial charge in [-0.15, -0.1) is 0 Å². The number of carbonyl (C=O) groups excluding carboxylic acids is 1. The van der Waals surface area contributed by atoms with E-state index in [1.807, 2.05) is 6.07 Å². The summed E-state index contributed by atoms with van der Waals surface area (Å²) < 4.78 is 13.8. The normalized spacial score (nSPS) is 26.1. The fraction of sp³-hybridized carbons (Fsp3) is 0.417. The summed E-state index contributed by atoms with van der Waals surface area (Å²) in [6, 6.07) is 4.69. The van der Waals surface area contributed by atoms with Crippen LogP contribution in [-0.4, -0.2) is 12.8 Å². The minimum absolute atomic E-state index is 0.0137. The van der Waals surface area contributed by atoms with E-state index in [2.05, 4.69) is 5.32 Å². The first kappa shape index (κ1) is 9.04. The van der Waals surface area contributed by atoms with Crippen LogP contribution >= 0.6 is 0 Å². The SMILES string of the molecule is O=CC1NCC2(CC2)c2c(F)cccc21. The number of rotatable bonds is 1. The Hall–Kier alpha value is -1.22. The molecule has 15 heavy (non-hydrogen) atoms. The van der Waals surface area contributed by atoms with Gasteiger partial charge in [0.15, 0.2) is 0 Å². The molecule has 0 aromatic heterocycles. The zero-order valence-corrected chi connectivity index (χ0v) is 8.29. The molecule has 0 amide bonds. The summed E-state index contributed by atoms with van der Waals surface area (Å²) in [6.07, 6.45) is 2.91. The zero-order valence-electron chi connectivity index (χ0n) is 8.29. The fourth-order valence-electron chi connectivity index (χ4n) is 2.56. The van der Waals surface area contributed by atoms with Crippen molar-refractivity contribution in [1.29, 1.82) is 0 Å². The molecule has 2 aliphatic rings. The summed E-state index contributed by atoms with van der Waals surface area (Å²) >= 11 is 0. The van der Waals surface area contributed by atoms with Crippen LogP contribution in [0.5, 0.6) is 0 Å². The maximum absolute atomic E-state index is 13.8. The van der Waals surface area contributed by atoms with Crippen molar-refractivity contribution < 1.29 is 9.18 Å². The first-order valence-electron chi connectivity index (χ1n) is 5.24. The van der Waals surface area contributed by atoms with Crippen molar-refractivity contribution >= 4 is 6.29 Å². The van der Waals surface area contributed by atoms with E-state index >= 15 is 0 Å². The van der Waals surface area contributed by atoms with Crippen molar-refractivity contribution in [2.45, 2.75) is 24.3 Å². The Morgan fingerprint density at radius 2 is 2.27 bits per heavy atom. The quantitative estimate of drug-likeness (QED) is 0.707. The van der Waals surface area contributed by atoms with Gasteiger partial charge in [-0.1, -0.05) is 12.1 Å². The van der Waals surface area contributed by atoms with E-state index in [0.29, 0.717) is 0 Å². The molecule has 1 unspecified atom stereocenters. The summed E-state index contributed by atoms with van der Waals surface area (Å²) in [6.45, 7) is 0.727. The molecular formula is C12H12FNO. The average Bonchev–Trinajstić information content (AvgIpc) is 2.99. The Morgan fingerprint density at radius 1 is 1.47 bits per heavy atom. The Morgan fingerprint density at radius 3 is 2.93 bits per heavy atom. The van der Waals surface area contributed by atoms with Crippen molar-refractivity contribution in [3.8, 4) is 0 Å². The molecule has 1 heterocycles. The maximum Gasteiger partial charge on any atom is 0.141 e. The topological polar surface area (TPSA) is 29.1 Å². The molecule has 1 N–H and O–H groups in total. The third kappa shape index (κ3) is 1.16. The molecule has 78 valence electrons. The fourth-order valence-corrected chi connectivity index (χ4v) is 2.56. The maximum atomic E-state index is 13.8. The van der Waals surface area contributed by atoms with Crippen LogP contribution < -0.4 is 5.32 Å². The van der Waals surface area contributed by atoms with Crippen LogP contribution in [0.3, 0.4) is 0 Å². The first-order chi connectivity index (χ1) is 7.27. The molecule has 1 aromatic carbocycles. The highest BCUT2D eigenvalue weighted by Gasteiger charge is 2.50. The minimum Gasteiger partial charge on any atom is -0.303 e. The monoisotopic (exact) mass is 205 g/mol. The number of aldehydes is 1. The molecule has 0 radical (unpaired) electrons. The molecule has 3 rings (SSSR count). The zero-order chi connectivity index (χ0) is 10.5. The second-order valence-electron chi connectivity index (χ2n) is 4.48. The van der Waals surface area contributed by atoms with Crippen molar-refractivity contribution in [1.82, 2.24) is 5.32 Å². The number of hydrogen-bond acceptors (Lipinski definition) is 2. The predicted octanol–water partition coefficient (Wildman–Crippen LogP) is 1.70. The molecule has 1 saturated carbocycles. The second kappa shape index (κ2) is 2.89. The van der Waals surface area contributed by atoms with Gasteiger partial charge < -0.3 is 10.1 Å². The highest BCUT2D eigenvalue weighted by atomic mass is 19.1. The number of fused-ring (bicyclic) bond motifs is 2. The van der Waals surface area contributed by atoms with E-state index in [1.165, 1.54) is 6.07 Å². The molecule has 1 aliphatic heterocycles. The summed E-state index contributed by atoms with van der Waals surface area (Å²) in [7, 11) is 0. The number of halogens is 1. The Balaban J connectivity index is 2.20. The van der Waals surface area contributed by atoms with Crippen molar-refractivity contribution in [2.75, 3.05) is 6.54 Å². The highest BCUT2D eigenvalue weighted by molar-refractivity contribution is 5.65. The molecule has 0 saturated heterocycles. The van der Waals surface area contributed by atoms with E-state index < -0.39 is 0 Å². The Labute approximate surface area is 87.5 Å². The molecule has 2 nitrogen and oxygen atoms in total. The molecule has 1 atom stereocenters. The van der Waals surface area contributed by atoms with E-state index in [9.17, 15) is 9.18 Å². The number of carbonyl (C=O) groups is 1. The molecule has 1 aliphatic carbocycles.